The highest BCUT2D eigenvalue weighted by Gasteiger charge is 2.39. The van der Waals surface area contributed by atoms with Gasteiger partial charge in [0, 0.05) is 38.3 Å². The fourth-order valence-corrected chi connectivity index (χ4v) is 4.81. The molecule has 4 heteroatoms. The minimum atomic E-state index is -0.320. The van der Waals surface area contributed by atoms with Crippen LogP contribution in [0.1, 0.15) is 27.9 Å². The van der Waals surface area contributed by atoms with E-state index in [1.807, 2.05) is 24.3 Å². The molecule has 2 aromatic carbocycles. The highest BCUT2D eigenvalue weighted by molar-refractivity contribution is 5.94. The average molecular weight is 364 g/mol. The zero-order valence-corrected chi connectivity index (χ0v) is 15.9. The molecule has 0 spiro atoms. The molecule has 4 nitrogen and oxygen atoms in total. The Morgan fingerprint density at radius 2 is 1.52 bits per heavy atom. The van der Waals surface area contributed by atoms with Crippen molar-refractivity contribution in [2.75, 3.05) is 32.7 Å². The molecule has 2 heterocycles. The van der Waals surface area contributed by atoms with Crippen molar-refractivity contribution >= 4 is 5.91 Å². The molecule has 142 valence electrons. The maximum Gasteiger partial charge on any atom is 0.248 e. The van der Waals surface area contributed by atoms with E-state index in [2.05, 4.69) is 40.1 Å². The normalized spacial score (nSPS) is 22.8. The molecule has 0 saturated carbocycles. The van der Waals surface area contributed by atoms with E-state index in [1.54, 1.807) is 0 Å². The summed E-state index contributed by atoms with van der Waals surface area (Å²) in [6, 6.07) is 18.5. The van der Waals surface area contributed by atoms with Crippen LogP contribution in [-0.2, 0) is 13.0 Å². The van der Waals surface area contributed by atoms with Crippen molar-refractivity contribution in [2.45, 2.75) is 19.4 Å². The van der Waals surface area contributed by atoms with Gasteiger partial charge >= 0.3 is 0 Å². The topological polar surface area (TPSA) is 49.6 Å². The Morgan fingerprint density at radius 3 is 2.22 bits per heavy atom. The average Bonchev–Trinajstić information content (AvgIpc) is 3.21. The summed E-state index contributed by atoms with van der Waals surface area (Å²) in [5.74, 6) is 1.30. The molecule has 27 heavy (non-hydrogen) atoms. The number of rotatable bonds is 7. The number of hydrogen-bond donors (Lipinski definition) is 1. The minimum absolute atomic E-state index is 0.320. The van der Waals surface area contributed by atoms with E-state index in [-0.39, 0.29) is 5.91 Å². The van der Waals surface area contributed by atoms with Gasteiger partial charge < -0.3 is 10.6 Å². The summed E-state index contributed by atoms with van der Waals surface area (Å²) in [6.45, 7) is 7.07. The second-order valence-corrected chi connectivity index (χ2v) is 8.08. The number of likely N-dealkylation sites (tertiary alicyclic amines) is 2. The van der Waals surface area contributed by atoms with Crippen molar-refractivity contribution in [3.63, 3.8) is 0 Å². The van der Waals surface area contributed by atoms with Gasteiger partial charge in [-0.25, -0.2) is 0 Å². The molecule has 2 aliphatic heterocycles. The first-order valence-electron chi connectivity index (χ1n) is 10.1. The maximum atomic E-state index is 11.5. The number of amides is 1. The Labute approximate surface area is 162 Å². The molecule has 4 rings (SSSR count). The van der Waals surface area contributed by atoms with Gasteiger partial charge in [-0.2, -0.15) is 0 Å². The van der Waals surface area contributed by atoms with Crippen molar-refractivity contribution in [2.24, 2.45) is 17.6 Å². The summed E-state index contributed by atoms with van der Waals surface area (Å²) in [7, 11) is 0. The number of aryl methyl sites for hydroxylation is 1. The molecule has 2 aromatic rings. The van der Waals surface area contributed by atoms with Crippen LogP contribution in [0, 0.1) is 11.8 Å². The van der Waals surface area contributed by atoms with Gasteiger partial charge in [0.1, 0.15) is 0 Å². The van der Waals surface area contributed by atoms with E-state index in [9.17, 15) is 4.79 Å². The third-order valence-corrected chi connectivity index (χ3v) is 6.09. The number of carbonyl (C=O) groups is 1. The predicted molar refractivity (Wildman–Crippen MR) is 108 cm³/mol. The lowest BCUT2D eigenvalue weighted by molar-refractivity contribution is 0.0999. The quantitative estimate of drug-likeness (QED) is 0.823. The van der Waals surface area contributed by atoms with Crippen molar-refractivity contribution in [3.8, 4) is 0 Å². The van der Waals surface area contributed by atoms with Crippen LogP contribution in [0.15, 0.2) is 54.6 Å². The summed E-state index contributed by atoms with van der Waals surface area (Å²) in [5, 5.41) is 0. The third kappa shape index (κ3) is 4.40. The molecule has 2 saturated heterocycles. The van der Waals surface area contributed by atoms with E-state index < -0.39 is 0 Å². The number of fused-ring (bicyclic) bond motifs is 1. The van der Waals surface area contributed by atoms with Gasteiger partial charge in [-0.1, -0.05) is 48.5 Å². The summed E-state index contributed by atoms with van der Waals surface area (Å²) in [4.78, 5) is 16.8. The smallest absolute Gasteiger partial charge is 0.248 e. The molecule has 1 amide bonds. The van der Waals surface area contributed by atoms with Crippen molar-refractivity contribution in [1.29, 1.82) is 0 Å². The predicted octanol–water partition coefficient (Wildman–Crippen LogP) is 2.78. The number of carbonyl (C=O) groups excluding carboxylic acids is 1. The lowest BCUT2D eigenvalue weighted by Gasteiger charge is -2.21. The highest BCUT2D eigenvalue weighted by Crippen LogP contribution is 2.32. The van der Waals surface area contributed by atoms with E-state index in [0.29, 0.717) is 5.56 Å². The minimum Gasteiger partial charge on any atom is -0.366 e. The molecule has 0 aromatic heterocycles. The lowest BCUT2D eigenvalue weighted by Crippen LogP contribution is -2.29. The molecule has 0 radical (unpaired) electrons. The van der Waals surface area contributed by atoms with Crippen LogP contribution in [0.3, 0.4) is 0 Å². The van der Waals surface area contributed by atoms with Crippen molar-refractivity contribution < 1.29 is 4.79 Å². The molecule has 2 N–H and O–H groups in total. The molecule has 2 aliphatic rings. The Hall–Kier alpha value is -2.17. The first-order chi connectivity index (χ1) is 13.2. The van der Waals surface area contributed by atoms with Gasteiger partial charge in [0.25, 0.3) is 0 Å². The first kappa shape index (κ1) is 18.2. The maximum absolute atomic E-state index is 11.5. The zero-order chi connectivity index (χ0) is 18.6. The Bertz CT molecular complexity index is 762. The highest BCUT2D eigenvalue weighted by atomic mass is 16.1. The van der Waals surface area contributed by atoms with Gasteiger partial charge in [-0.3, -0.25) is 9.69 Å². The Balaban J connectivity index is 1.22. The molecule has 2 atom stereocenters. The lowest BCUT2D eigenvalue weighted by atomic mass is 10.0. The molecule has 0 bridgehead atoms. The SMILES string of the molecule is NC(=O)c1ccccc1CCCN1CC2CN(Cc3ccccc3)CC2C1. The van der Waals surface area contributed by atoms with Gasteiger partial charge in [-0.15, -0.1) is 0 Å². The third-order valence-electron chi connectivity index (χ3n) is 6.09. The van der Waals surface area contributed by atoms with Crippen molar-refractivity contribution in [3.05, 3.63) is 71.3 Å². The van der Waals surface area contributed by atoms with E-state index in [4.69, 9.17) is 5.73 Å². The van der Waals surface area contributed by atoms with Crippen LogP contribution < -0.4 is 5.73 Å². The number of hydrogen-bond acceptors (Lipinski definition) is 3. The summed E-state index contributed by atoms with van der Waals surface area (Å²) >= 11 is 0. The molecular weight excluding hydrogens is 334 g/mol. The summed E-state index contributed by atoms with van der Waals surface area (Å²) < 4.78 is 0. The van der Waals surface area contributed by atoms with Crippen LogP contribution in [0.5, 0.6) is 0 Å². The number of nitrogens with two attached hydrogens (primary N) is 1. The van der Waals surface area contributed by atoms with E-state index >= 15 is 0 Å². The van der Waals surface area contributed by atoms with Crippen LogP contribution in [-0.4, -0.2) is 48.4 Å². The van der Waals surface area contributed by atoms with Gasteiger partial charge in [0.15, 0.2) is 0 Å². The molecule has 2 unspecified atom stereocenters. The second kappa shape index (κ2) is 8.24. The summed E-state index contributed by atoms with van der Waals surface area (Å²) in [6.07, 6.45) is 2.00. The number of nitrogens with zero attached hydrogens (tertiary/aromatic N) is 2. The fraction of sp³-hybridized carbons (Fsp3) is 0.435. The van der Waals surface area contributed by atoms with Crippen LogP contribution >= 0.6 is 0 Å². The first-order valence-corrected chi connectivity index (χ1v) is 10.1. The Kier molecular flexibility index (Phi) is 5.55. The van der Waals surface area contributed by atoms with E-state index in [0.717, 1.165) is 43.3 Å². The molecule has 2 fully saturated rings. The fourth-order valence-electron chi connectivity index (χ4n) is 4.81. The van der Waals surface area contributed by atoms with Gasteiger partial charge in [0.05, 0.1) is 0 Å². The van der Waals surface area contributed by atoms with E-state index in [1.165, 1.54) is 31.7 Å². The van der Waals surface area contributed by atoms with Crippen LogP contribution in [0.4, 0.5) is 0 Å². The number of primary amides is 1. The van der Waals surface area contributed by atoms with Crippen LogP contribution in [0.2, 0.25) is 0 Å². The summed E-state index contributed by atoms with van der Waals surface area (Å²) in [5.41, 5.74) is 8.66. The van der Waals surface area contributed by atoms with Gasteiger partial charge in [0.2, 0.25) is 5.91 Å². The monoisotopic (exact) mass is 363 g/mol. The van der Waals surface area contributed by atoms with Crippen LogP contribution in [0.25, 0.3) is 0 Å². The Morgan fingerprint density at radius 1 is 0.889 bits per heavy atom. The second-order valence-electron chi connectivity index (χ2n) is 8.08. The largest absolute Gasteiger partial charge is 0.366 e. The van der Waals surface area contributed by atoms with Gasteiger partial charge in [-0.05, 0) is 48.4 Å². The molecule has 0 aliphatic carbocycles. The standard InChI is InChI=1S/C23H29N3O/c24-23(27)22-11-5-4-9-19(22)10-6-12-25-14-20-16-26(17-21(20)15-25)13-18-7-2-1-3-8-18/h1-5,7-9,11,20-21H,6,10,12-17H2,(H2,24,27). The van der Waals surface area contributed by atoms with Crippen molar-refractivity contribution in [1.82, 2.24) is 9.80 Å². The zero-order valence-electron chi connectivity index (χ0n) is 15.9. The molecular formula is C23H29N3O. The number of benzene rings is 2.